The van der Waals surface area contributed by atoms with Crippen LogP contribution in [0.15, 0.2) is 36.5 Å². The van der Waals surface area contributed by atoms with Gasteiger partial charge in [-0.1, -0.05) is 30.3 Å². The van der Waals surface area contributed by atoms with Gasteiger partial charge in [-0.2, -0.15) is 4.98 Å². The normalized spacial score (nSPS) is 10.7. The Hall–Kier alpha value is -2.96. The third-order valence-electron chi connectivity index (χ3n) is 2.99. The van der Waals surface area contributed by atoms with Crippen LogP contribution in [0.1, 0.15) is 16.2 Å². The summed E-state index contributed by atoms with van der Waals surface area (Å²) in [6.07, 6.45) is 1.45. The van der Waals surface area contributed by atoms with Gasteiger partial charge in [0.2, 0.25) is 5.82 Å². The lowest BCUT2D eigenvalue weighted by Crippen LogP contribution is -2.06. The van der Waals surface area contributed by atoms with Gasteiger partial charge in [0, 0.05) is 7.05 Å². The quantitative estimate of drug-likeness (QED) is 0.783. The molecule has 0 saturated carbocycles. The Bertz CT molecular complexity index is 799. The van der Waals surface area contributed by atoms with Crippen LogP contribution in [-0.4, -0.2) is 30.6 Å². The molecule has 0 radical (unpaired) electrons. The zero-order valence-electron chi connectivity index (χ0n) is 11.2. The molecule has 0 bridgehead atoms. The van der Waals surface area contributed by atoms with Crippen molar-refractivity contribution in [2.45, 2.75) is 6.61 Å². The molecule has 2 aromatic heterocycles. The number of aromatic nitrogens is 4. The number of nitrogens with zero attached hydrogens (tertiary/aromatic N) is 4. The van der Waals surface area contributed by atoms with Gasteiger partial charge in [-0.25, -0.2) is 14.8 Å². The lowest BCUT2D eigenvalue weighted by Gasteiger charge is -2.04. The standard InChI is InChI=1S/C14H12N4O3/c1-18-11-10(16-12(18)13(19)20)7-15-14(17-11)21-8-9-5-3-2-4-6-9/h2-7H,8H2,1H3,(H,19,20). The van der Waals surface area contributed by atoms with E-state index in [2.05, 4.69) is 15.0 Å². The molecule has 106 valence electrons. The number of ether oxygens (including phenoxy) is 1. The van der Waals surface area contributed by atoms with Gasteiger partial charge in [-0.3, -0.25) is 0 Å². The van der Waals surface area contributed by atoms with Crippen LogP contribution in [0.2, 0.25) is 0 Å². The van der Waals surface area contributed by atoms with E-state index in [0.29, 0.717) is 17.8 Å². The second kappa shape index (κ2) is 5.20. The number of aryl methyl sites for hydroxylation is 1. The minimum absolute atomic E-state index is 0.0838. The van der Waals surface area contributed by atoms with Crippen LogP contribution < -0.4 is 4.74 Å². The number of imidazole rings is 1. The number of hydrogen-bond donors (Lipinski definition) is 1. The Kier molecular flexibility index (Phi) is 3.23. The highest BCUT2D eigenvalue weighted by atomic mass is 16.5. The molecule has 0 fully saturated rings. The maximum absolute atomic E-state index is 11.0. The van der Waals surface area contributed by atoms with E-state index in [0.717, 1.165) is 5.56 Å². The molecule has 2 heterocycles. The summed E-state index contributed by atoms with van der Waals surface area (Å²) in [5.41, 5.74) is 1.84. The fourth-order valence-corrected chi connectivity index (χ4v) is 1.95. The largest absolute Gasteiger partial charge is 0.475 e. The van der Waals surface area contributed by atoms with E-state index in [9.17, 15) is 4.79 Å². The fraction of sp³-hybridized carbons (Fsp3) is 0.143. The Labute approximate surface area is 119 Å². The van der Waals surface area contributed by atoms with Gasteiger partial charge in [-0.15, -0.1) is 0 Å². The van der Waals surface area contributed by atoms with Crippen LogP contribution >= 0.6 is 0 Å². The summed E-state index contributed by atoms with van der Waals surface area (Å²) in [5, 5.41) is 9.03. The van der Waals surface area contributed by atoms with Gasteiger partial charge < -0.3 is 14.4 Å². The van der Waals surface area contributed by atoms with Crippen LogP contribution in [0.3, 0.4) is 0 Å². The van der Waals surface area contributed by atoms with Crippen molar-refractivity contribution in [1.29, 1.82) is 0 Å². The van der Waals surface area contributed by atoms with Gasteiger partial charge in [0.05, 0.1) is 6.20 Å². The number of benzene rings is 1. The summed E-state index contributed by atoms with van der Waals surface area (Å²) in [6.45, 7) is 0.343. The average molecular weight is 284 g/mol. The summed E-state index contributed by atoms with van der Waals surface area (Å²) < 4.78 is 6.91. The van der Waals surface area contributed by atoms with Gasteiger partial charge in [0.15, 0.2) is 5.65 Å². The molecule has 7 heteroatoms. The zero-order valence-corrected chi connectivity index (χ0v) is 11.2. The Morgan fingerprint density at radius 1 is 1.29 bits per heavy atom. The van der Waals surface area contributed by atoms with Crippen LogP contribution in [0, 0.1) is 0 Å². The van der Waals surface area contributed by atoms with Crippen LogP contribution in [0.4, 0.5) is 0 Å². The SMILES string of the molecule is Cn1c(C(=O)O)nc2cnc(OCc3ccccc3)nc21. The summed E-state index contributed by atoms with van der Waals surface area (Å²) in [7, 11) is 1.59. The summed E-state index contributed by atoms with van der Waals surface area (Å²) in [6, 6.07) is 9.82. The molecule has 1 N–H and O–H groups in total. The van der Waals surface area contributed by atoms with Crippen molar-refractivity contribution in [3.05, 3.63) is 47.9 Å². The van der Waals surface area contributed by atoms with E-state index in [1.54, 1.807) is 7.05 Å². The monoisotopic (exact) mass is 284 g/mol. The lowest BCUT2D eigenvalue weighted by atomic mass is 10.2. The average Bonchev–Trinajstić information content (AvgIpc) is 2.83. The number of carbonyl (C=O) groups is 1. The maximum Gasteiger partial charge on any atom is 0.372 e. The van der Waals surface area contributed by atoms with E-state index in [-0.39, 0.29) is 11.8 Å². The van der Waals surface area contributed by atoms with E-state index < -0.39 is 5.97 Å². The molecule has 7 nitrogen and oxygen atoms in total. The number of hydrogen-bond acceptors (Lipinski definition) is 5. The first-order valence-electron chi connectivity index (χ1n) is 6.24. The summed E-state index contributed by atoms with van der Waals surface area (Å²) in [4.78, 5) is 23.2. The molecule has 0 aliphatic carbocycles. The number of carboxylic acids is 1. The molecule has 0 saturated heterocycles. The molecule has 0 unspecified atom stereocenters. The molecular weight excluding hydrogens is 272 g/mol. The Morgan fingerprint density at radius 3 is 2.76 bits per heavy atom. The highest BCUT2D eigenvalue weighted by Gasteiger charge is 2.16. The minimum atomic E-state index is -1.11. The van der Waals surface area contributed by atoms with Gasteiger partial charge in [-0.05, 0) is 5.56 Å². The molecule has 3 aromatic rings. The number of aromatic carboxylic acids is 1. The third-order valence-corrected chi connectivity index (χ3v) is 2.99. The molecule has 21 heavy (non-hydrogen) atoms. The molecular formula is C14H12N4O3. The summed E-state index contributed by atoms with van der Waals surface area (Å²) >= 11 is 0. The van der Waals surface area contributed by atoms with Crippen molar-refractivity contribution in [1.82, 2.24) is 19.5 Å². The zero-order chi connectivity index (χ0) is 14.8. The predicted octanol–water partition coefficient (Wildman–Crippen LogP) is 1.64. The maximum atomic E-state index is 11.0. The summed E-state index contributed by atoms with van der Waals surface area (Å²) in [5.74, 6) is -1.19. The molecule has 0 atom stereocenters. The van der Waals surface area contributed by atoms with Crippen molar-refractivity contribution >= 4 is 17.1 Å². The number of carboxylic acid groups (broad SMARTS) is 1. The molecule has 3 rings (SSSR count). The van der Waals surface area contributed by atoms with Gasteiger partial charge in [0.25, 0.3) is 0 Å². The van der Waals surface area contributed by atoms with Gasteiger partial charge in [0.1, 0.15) is 12.1 Å². The Morgan fingerprint density at radius 2 is 2.05 bits per heavy atom. The Balaban J connectivity index is 1.87. The third kappa shape index (κ3) is 2.53. The topological polar surface area (TPSA) is 90.1 Å². The molecule has 0 spiro atoms. The first kappa shape index (κ1) is 13.0. The van der Waals surface area contributed by atoms with E-state index >= 15 is 0 Å². The smallest absolute Gasteiger partial charge is 0.372 e. The predicted molar refractivity (Wildman–Crippen MR) is 74.0 cm³/mol. The first-order chi connectivity index (χ1) is 10.1. The molecule has 1 aromatic carbocycles. The first-order valence-corrected chi connectivity index (χ1v) is 6.24. The van der Waals surface area contributed by atoms with E-state index in [1.165, 1.54) is 10.8 Å². The van der Waals surface area contributed by atoms with Crippen LogP contribution in [0.5, 0.6) is 6.01 Å². The molecule has 0 aliphatic heterocycles. The van der Waals surface area contributed by atoms with Crippen LogP contribution in [0.25, 0.3) is 11.2 Å². The highest BCUT2D eigenvalue weighted by Crippen LogP contribution is 2.15. The van der Waals surface area contributed by atoms with Crippen LogP contribution in [-0.2, 0) is 13.7 Å². The number of fused-ring (bicyclic) bond motifs is 1. The van der Waals surface area contributed by atoms with Crippen molar-refractivity contribution < 1.29 is 14.6 Å². The second-order valence-electron chi connectivity index (χ2n) is 4.44. The second-order valence-corrected chi connectivity index (χ2v) is 4.44. The molecule has 0 amide bonds. The fourth-order valence-electron chi connectivity index (χ4n) is 1.95. The molecule has 0 aliphatic rings. The highest BCUT2D eigenvalue weighted by molar-refractivity contribution is 5.88. The van der Waals surface area contributed by atoms with Crippen molar-refractivity contribution in [3.8, 4) is 6.01 Å². The number of rotatable bonds is 4. The van der Waals surface area contributed by atoms with Crippen molar-refractivity contribution in [2.24, 2.45) is 7.05 Å². The van der Waals surface area contributed by atoms with Crippen molar-refractivity contribution in [3.63, 3.8) is 0 Å². The lowest BCUT2D eigenvalue weighted by molar-refractivity contribution is 0.0680. The van der Waals surface area contributed by atoms with E-state index in [1.807, 2.05) is 30.3 Å². The van der Waals surface area contributed by atoms with Gasteiger partial charge >= 0.3 is 12.0 Å². The van der Waals surface area contributed by atoms with Crippen molar-refractivity contribution in [2.75, 3.05) is 0 Å². The van der Waals surface area contributed by atoms with E-state index in [4.69, 9.17) is 9.84 Å². The minimum Gasteiger partial charge on any atom is -0.475 e.